The van der Waals surface area contributed by atoms with Gasteiger partial charge in [0.15, 0.2) is 0 Å². The van der Waals surface area contributed by atoms with Gasteiger partial charge < -0.3 is 5.32 Å². The molecule has 0 bridgehead atoms. The molecule has 6 nitrogen and oxygen atoms in total. The zero-order chi connectivity index (χ0) is 26.6. The minimum Gasteiger partial charge on any atom is -0.324 e. The van der Waals surface area contributed by atoms with Gasteiger partial charge in [-0.05, 0) is 55.4 Å². The van der Waals surface area contributed by atoms with Crippen LogP contribution in [-0.4, -0.2) is 34.8 Å². The summed E-state index contributed by atoms with van der Waals surface area (Å²) in [5.41, 5.74) is 3.59. The van der Waals surface area contributed by atoms with Crippen LogP contribution < -0.4 is 10.2 Å². The number of unbranched alkanes of at least 4 members (excludes halogenated alkanes) is 2. The minimum atomic E-state index is -1.03. The van der Waals surface area contributed by atoms with E-state index in [-0.39, 0.29) is 30.2 Å². The lowest BCUT2D eigenvalue weighted by Gasteiger charge is -2.32. The lowest BCUT2D eigenvalue weighted by atomic mass is 9.92. The lowest BCUT2D eigenvalue weighted by molar-refractivity contribution is -0.133. The summed E-state index contributed by atoms with van der Waals surface area (Å²) in [7, 11) is 0. The molecule has 1 saturated heterocycles. The molecule has 1 N–H and O–H groups in total. The van der Waals surface area contributed by atoms with Gasteiger partial charge >= 0.3 is 6.03 Å². The molecule has 1 aliphatic heterocycles. The molecule has 1 heterocycles. The average molecular weight is 492 g/mol. The van der Waals surface area contributed by atoms with E-state index in [0.717, 1.165) is 46.5 Å². The summed E-state index contributed by atoms with van der Waals surface area (Å²) in [5.74, 6) is -0.255. The number of para-hydroxylation sites is 1. The van der Waals surface area contributed by atoms with Crippen molar-refractivity contribution in [2.24, 2.45) is 0 Å². The molecule has 0 radical (unpaired) electrons. The number of urea groups is 1. The second kappa shape index (κ2) is 11.3. The number of hydrogen-bond acceptors (Lipinski definition) is 3. The van der Waals surface area contributed by atoms with Gasteiger partial charge in [0.1, 0.15) is 12.1 Å². The number of rotatable bonds is 10. The highest BCUT2D eigenvalue weighted by atomic mass is 16.2. The van der Waals surface area contributed by atoms with Crippen LogP contribution in [-0.2, 0) is 9.59 Å². The molecule has 6 heteroatoms. The zero-order valence-corrected chi connectivity index (χ0v) is 22.9. The first-order valence-electron chi connectivity index (χ1n) is 13.2. The molecule has 194 valence electrons. The van der Waals surface area contributed by atoms with Gasteiger partial charge in [0, 0.05) is 11.4 Å². The summed E-state index contributed by atoms with van der Waals surface area (Å²) in [6.45, 7) is 14.0. The van der Waals surface area contributed by atoms with Crippen molar-refractivity contribution in [2.75, 3.05) is 16.8 Å². The smallest absolute Gasteiger partial charge is 0.324 e. The van der Waals surface area contributed by atoms with E-state index >= 15 is 0 Å². The topological polar surface area (TPSA) is 69.7 Å². The molecular weight excluding hydrogens is 450 g/mol. The highest BCUT2D eigenvalue weighted by molar-refractivity contribution is 6.18. The number of anilines is 2. The third-order valence-corrected chi connectivity index (χ3v) is 7.12. The Labute approximate surface area is 216 Å². The first-order valence-corrected chi connectivity index (χ1v) is 13.2. The number of carbonyl (C=O) groups excluding carboxylic acids is 3. The molecule has 2 aromatic carbocycles. The average Bonchev–Trinajstić information content (AvgIpc) is 3.00. The van der Waals surface area contributed by atoms with Crippen LogP contribution in [0.25, 0.3) is 0 Å². The normalized spacial score (nSPS) is 18.0. The second-order valence-corrected chi connectivity index (χ2v) is 10.7. The number of nitrogens with zero attached hydrogens (tertiary/aromatic N) is 2. The van der Waals surface area contributed by atoms with Crippen LogP contribution in [0.15, 0.2) is 42.5 Å². The van der Waals surface area contributed by atoms with E-state index in [1.165, 1.54) is 0 Å². The Morgan fingerprint density at radius 1 is 0.944 bits per heavy atom. The van der Waals surface area contributed by atoms with Crippen LogP contribution in [0.3, 0.4) is 0 Å². The van der Waals surface area contributed by atoms with Crippen molar-refractivity contribution < 1.29 is 14.4 Å². The fourth-order valence-electron chi connectivity index (χ4n) is 4.99. The first kappa shape index (κ1) is 27.4. The maximum Gasteiger partial charge on any atom is 0.332 e. The molecule has 1 fully saturated rings. The van der Waals surface area contributed by atoms with Crippen LogP contribution >= 0.6 is 0 Å². The lowest BCUT2D eigenvalue weighted by Crippen LogP contribution is -2.47. The van der Waals surface area contributed by atoms with Crippen molar-refractivity contribution in [1.82, 2.24) is 4.90 Å². The van der Waals surface area contributed by atoms with E-state index in [1.54, 1.807) is 4.90 Å². The summed E-state index contributed by atoms with van der Waals surface area (Å²) < 4.78 is 0. The number of hydrogen-bond donors (Lipinski definition) is 1. The summed E-state index contributed by atoms with van der Waals surface area (Å²) >= 11 is 0. The maximum atomic E-state index is 13.7. The third kappa shape index (κ3) is 5.48. The number of carbonyl (C=O) groups is 3. The molecule has 36 heavy (non-hydrogen) atoms. The fraction of sp³-hybridized carbons (Fsp3) is 0.500. The van der Waals surface area contributed by atoms with E-state index in [2.05, 4.69) is 39.9 Å². The Bertz CT molecular complexity index is 1080. The first-order chi connectivity index (χ1) is 17.0. The Morgan fingerprint density at radius 2 is 1.53 bits per heavy atom. The number of amides is 4. The Morgan fingerprint density at radius 3 is 2.06 bits per heavy atom. The summed E-state index contributed by atoms with van der Waals surface area (Å²) in [4.78, 5) is 43.3. The van der Waals surface area contributed by atoms with Crippen molar-refractivity contribution in [3.05, 3.63) is 59.2 Å². The second-order valence-electron chi connectivity index (χ2n) is 10.7. The maximum absolute atomic E-state index is 13.7. The van der Waals surface area contributed by atoms with Crippen molar-refractivity contribution in [3.63, 3.8) is 0 Å². The fourth-order valence-corrected chi connectivity index (χ4v) is 4.99. The number of aryl methyl sites for hydroxylation is 1. The van der Waals surface area contributed by atoms with E-state index in [1.807, 2.05) is 56.3 Å². The van der Waals surface area contributed by atoms with Gasteiger partial charge in [0.2, 0.25) is 5.91 Å². The third-order valence-electron chi connectivity index (χ3n) is 7.12. The van der Waals surface area contributed by atoms with Gasteiger partial charge in [-0.1, -0.05) is 89.8 Å². The molecular formula is C30H41N3O3. The largest absolute Gasteiger partial charge is 0.332 e. The van der Waals surface area contributed by atoms with E-state index in [0.29, 0.717) is 12.1 Å². The van der Waals surface area contributed by atoms with E-state index < -0.39 is 11.6 Å². The molecule has 4 amide bonds. The Kier molecular flexibility index (Phi) is 8.59. The van der Waals surface area contributed by atoms with Crippen molar-refractivity contribution in [3.8, 4) is 0 Å². The predicted octanol–water partition coefficient (Wildman–Crippen LogP) is 6.99. The van der Waals surface area contributed by atoms with Gasteiger partial charge in [0.25, 0.3) is 5.91 Å². The molecule has 1 aliphatic rings. The van der Waals surface area contributed by atoms with Gasteiger partial charge in [-0.15, -0.1) is 0 Å². The van der Waals surface area contributed by atoms with Crippen molar-refractivity contribution in [1.29, 1.82) is 0 Å². The van der Waals surface area contributed by atoms with Crippen LogP contribution in [0, 0.1) is 6.92 Å². The summed E-state index contributed by atoms with van der Waals surface area (Å²) in [5, 5.41) is 3.05. The Hall–Kier alpha value is -3.15. The monoisotopic (exact) mass is 491 g/mol. The zero-order valence-electron chi connectivity index (χ0n) is 22.9. The molecule has 0 spiro atoms. The van der Waals surface area contributed by atoms with Crippen LogP contribution in [0.1, 0.15) is 95.8 Å². The van der Waals surface area contributed by atoms with E-state index in [4.69, 9.17) is 0 Å². The van der Waals surface area contributed by atoms with Crippen molar-refractivity contribution in [2.45, 2.75) is 91.5 Å². The van der Waals surface area contributed by atoms with Gasteiger partial charge in [-0.3, -0.25) is 19.4 Å². The molecule has 0 saturated carbocycles. The Balaban J connectivity index is 1.91. The molecule has 3 rings (SSSR count). The highest BCUT2D eigenvalue weighted by Gasteiger charge is 2.54. The number of nitrogens with one attached hydrogen (secondary N) is 1. The molecule has 2 aromatic rings. The van der Waals surface area contributed by atoms with Crippen molar-refractivity contribution >= 4 is 29.2 Å². The van der Waals surface area contributed by atoms with E-state index in [9.17, 15) is 14.4 Å². The number of benzene rings is 2. The van der Waals surface area contributed by atoms with Crippen LogP contribution in [0.4, 0.5) is 16.2 Å². The standard InChI is InChI=1S/C30H41N3O3/c1-8-9-10-18-30(7)28(35)32(29(36)33(30)23-16-14-22(6)15-17-23)19-26(34)31-27-24(20(2)3)12-11-13-25(27)21(4)5/h11-17,20-21H,8-10,18-19H2,1-7H3,(H,31,34). The van der Waals surface area contributed by atoms with Crippen LogP contribution in [0.5, 0.6) is 0 Å². The minimum absolute atomic E-state index is 0.216. The highest BCUT2D eigenvalue weighted by Crippen LogP contribution is 2.37. The molecule has 0 aromatic heterocycles. The van der Waals surface area contributed by atoms with Gasteiger partial charge in [0.05, 0.1) is 0 Å². The quantitative estimate of drug-likeness (QED) is 0.288. The van der Waals surface area contributed by atoms with Gasteiger partial charge in [-0.25, -0.2) is 4.79 Å². The molecule has 1 atom stereocenters. The summed E-state index contributed by atoms with van der Waals surface area (Å²) in [6, 6.07) is 13.2. The SMILES string of the molecule is CCCCCC1(C)C(=O)N(CC(=O)Nc2c(C(C)C)cccc2C(C)C)C(=O)N1c1ccc(C)cc1. The predicted molar refractivity (Wildman–Crippen MR) is 147 cm³/mol. The summed E-state index contributed by atoms with van der Waals surface area (Å²) in [6.07, 6.45) is 3.37. The molecule has 1 unspecified atom stereocenters. The van der Waals surface area contributed by atoms with Gasteiger partial charge in [-0.2, -0.15) is 0 Å². The van der Waals surface area contributed by atoms with Crippen LogP contribution in [0.2, 0.25) is 0 Å². The number of imide groups is 1. The molecule has 0 aliphatic carbocycles.